The Morgan fingerprint density at radius 2 is 1.26 bits per heavy atom. The number of nitriles is 1. The largest absolute Gasteiger partial charge is 0.375 e. The van der Waals surface area contributed by atoms with Crippen molar-refractivity contribution in [2.45, 2.75) is 282 Å². The molecule has 0 aromatic carbocycles. The Morgan fingerprint density at radius 1 is 0.670 bits per heavy atom. The summed E-state index contributed by atoms with van der Waals surface area (Å²) >= 11 is 0. The minimum Gasteiger partial charge on any atom is -0.375 e. The van der Waals surface area contributed by atoms with Crippen molar-refractivity contribution >= 4 is 11.7 Å². The molecule has 0 radical (unpaired) electrons. The zero-order chi connectivity index (χ0) is 71.9. The van der Waals surface area contributed by atoms with Crippen LogP contribution in [-0.2, 0) is 56.1 Å². The topological polar surface area (TPSA) is 213 Å². The van der Waals surface area contributed by atoms with Crippen LogP contribution in [0.25, 0.3) is 0 Å². The van der Waals surface area contributed by atoms with Gasteiger partial charge in [-0.15, -0.1) is 0 Å². The SMILES string of the molecule is CC(=O)N1CCC(C(C)(C)C)CC1.CC(C)(C)N1C[C@H]2C[C@@H]1CO2.CC(C)(C)c1cccnc1[N+](=O)[O-].CC(C)(C)c1nc(C2CC2)no1.CC(C)(C)c1ncccc1C#N.Cc1cccc(C(C)(C)C)n1.Cc1nn(C)c(C)c1C(C)(C)C.Cn1nccc1C(C)(C)C. The van der Waals surface area contributed by atoms with E-state index in [2.05, 4.69) is 224 Å². The third-order valence-electron chi connectivity index (χ3n) is 16.9. The van der Waals surface area contributed by atoms with Crippen molar-refractivity contribution in [2.24, 2.45) is 25.4 Å². The fraction of sp³-hybridized carbons (Fsp3) is 0.671. The van der Waals surface area contributed by atoms with Crippen molar-refractivity contribution in [1.82, 2.24) is 54.5 Å². The van der Waals surface area contributed by atoms with Gasteiger partial charge in [0.25, 0.3) is 0 Å². The molecule has 6 aromatic rings. The van der Waals surface area contributed by atoms with E-state index < -0.39 is 4.92 Å². The van der Waals surface area contributed by atoms with E-state index in [1.807, 2.05) is 68.3 Å². The van der Waals surface area contributed by atoms with Crippen LogP contribution in [0.3, 0.4) is 0 Å². The van der Waals surface area contributed by atoms with Gasteiger partial charge >= 0.3 is 5.82 Å². The fourth-order valence-electron chi connectivity index (χ4n) is 11.5. The summed E-state index contributed by atoms with van der Waals surface area (Å²) in [5.41, 5.74) is 10.6. The van der Waals surface area contributed by atoms with E-state index in [-0.39, 0.29) is 44.2 Å². The van der Waals surface area contributed by atoms with Crippen molar-refractivity contribution in [3.05, 3.63) is 140 Å². The first-order valence-corrected chi connectivity index (χ1v) is 33.8. The summed E-state index contributed by atoms with van der Waals surface area (Å²) in [6.07, 6.45) is 11.6. The molecule has 0 N–H and O–H groups in total. The van der Waals surface area contributed by atoms with Crippen LogP contribution in [0.1, 0.15) is 274 Å². The first-order valence-electron chi connectivity index (χ1n) is 33.8. The molecule has 2 atom stereocenters. The Bertz CT molecular complexity index is 3350. The molecule has 2 bridgehead atoms. The summed E-state index contributed by atoms with van der Waals surface area (Å²) in [6.45, 7) is 63.6. The lowest BCUT2D eigenvalue weighted by Gasteiger charge is -2.38. The molecule has 1 amide bonds. The molecule has 4 fully saturated rings. The molecule has 18 nitrogen and oxygen atoms in total. The number of nitro groups is 1. The molecule has 9 heterocycles. The van der Waals surface area contributed by atoms with Crippen LogP contribution in [0.15, 0.2) is 71.6 Å². The predicted octanol–water partition coefficient (Wildman–Crippen LogP) is 17.1. The van der Waals surface area contributed by atoms with E-state index in [0.29, 0.717) is 40.1 Å². The standard InChI is InChI=1S/C11H21NO.C10H18N2.C10H12N2.C10H15N.C9H12N2O2.C9H14N2O.C9H17NO.C8H14N2/c1-9(13)12-7-5-10(6-8-12)11(2,3)4;1-7-9(10(3,4)5)8(2)12(6)11-7;1-10(2,3)9-8(7-11)5-4-6-12-9;1-8-6-5-7-9(11-8)10(2,3)4;1-9(2,3)7-5-4-6-10-8(7)11(12)13;1-9(2,3)8-10-7(11-12-8)6-4-5-6;1-9(2,3)10-5-8-4-7(10)6-11-8;1-8(2,3)7-5-6-9-10(7)4/h10H,5-8H2,1-4H3;1-6H3;4-6H,1-3H3;5-7H,1-4H3;4-6H,1-3H3;6H,4-5H2,1-3H3;7-8H,4-6H2,1-3H3;5-6H,1-4H3/t;;;;;;7-,8-;/m......1./s1. The van der Waals surface area contributed by atoms with Crippen LogP contribution in [0.2, 0.25) is 0 Å². The third kappa shape index (κ3) is 26.1. The number of pyridine rings is 3. The molecule has 1 aliphatic carbocycles. The number of likely N-dealkylation sites (tertiary alicyclic amines) is 2. The van der Waals surface area contributed by atoms with E-state index >= 15 is 0 Å². The van der Waals surface area contributed by atoms with Crippen LogP contribution in [0.5, 0.6) is 0 Å². The van der Waals surface area contributed by atoms with E-state index in [1.165, 1.54) is 55.3 Å². The summed E-state index contributed by atoms with van der Waals surface area (Å²) in [5, 5.41) is 31.9. The quantitative estimate of drug-likeness (QED) is 0.117. The van der Waals surface area contributed by atoms with Gasteiger partial charge in [-0.3, -0.25) is 29.0 Å². The van der Waals surface area contributed by atoms with E-state index in [9.17, 15) is 14.9 Å². The zero-order valence-electron chi connectivity index (χ0n) is 63.9. The van der Waals surface area contributed by atoms with Gasteiger partial charge < -0.3 is 24.3 Å². The minimum absolute atomic E-state index is 0.0137. The normalized spacial score (nSPS) is 16.8. The zero-order valence-corrected chi connectivity index (χ0v) is 63.9. The van der Waals surface area contributed by atoms with Crippen molar-refractivity contribution in [2.75, 3.05) is 26.2 Å². The van der Waals surface area contributed by atoms with Gasteiger partial charge in [0.2, 0.25) is 11.8 Å². The van der Waals surface area contributed by atoms with Crippen LogP contribution in [0.4, 0.5) is 5.82 Å². The maximum atomic E-state index is 11.1. The molecule has 0 unspecified atom stereocenters. The lowest BCUT2D eigenvalue weighted by Crippen LogP contribution is -2.48. The number of hydrogen-bond donors (Lipinski definition) is 0. The highest BCUT2D eigenvalue weighted by Crippen LogP contribution is 2.39. The van der Waals surface area contributed by atoms with Crippen LogP contribution < -0.4 is 0 Å². The summed E-state index contributed by atoms with van der Waals surface area (Å²) < 4.78 is 14.6. The Kier molecular flexibility index (Phi) is 28.9. The number of nitrogens with zero attached hydrogens (tertiary/aromatic N) is 13. The Morgan fingerprint density at radius 3 is 1.57 bits per heavy atom. The molecular weight excluding hydrogens is 1170 g/mol. The number of aromatic nitrogens is 9. The molecule has 10 rings (SSSR count). The van der Waals surface area contributed by atoms with Gasteiger partial charge in [-0.2, -0.15) is 20.4 Å². The number of aryl methyl sites for hydroxylation is 4. The number of hydrogen-bond acceptors (Lipinski definition) is 14. The number of fused-ring (bicyclic) bond motifs is 2. The van der Waals surface area contributed by atoms with E-state index in [0.717, 1.165) is 66.6 Å². The smallest absolute Gasteiger partial charge is 0.367 e. The maximum Gasteiger partial charge on any atom is 0.367 e. The van der Waals surface area contributed by atoms with Crippen molar-refractivity contribution in [1.29, 1.82) is 5.26 Å². The second kappa shape index (κ2) is 33.3. The molecule has 6 aromatic heterocycles. The molecule has 18 heteroatoms. The van der Waals surface area contributed by atoms with E-state index in [4.69, 9.17) is 14.5 Å². The maximum absolute atomic E-state index is 11.1. The average molecular weight is 1300 g/mol. The summed E-state index contributed by atoms with van der Waals surface area (Å²) in [4.78, 5) is 42.5. The van der Waals surface area contributed by atoms with Crippen molar-refractivity contribution in [3.8, 4) is 6.07 Å². The molecule has 4 aliphatic rings. The van der Waals surface area contributed by atoms with Gasteiger partial charge in [-0.05, 0) is 148 Å². The molecule has 3 aliphatic heterocycles. The van der Waals surface area contributed by atoms with Gasteiger partial charge in [0.05, 0.1) is 35.2 Å². The average Bonchev–Trinajstić information content (AvgIpc) is 1.62. The van der Waals surface area contributed by atoms with Crippen molar-refractivity contribution in [3.63, 3.8) is 0 Å². The summed E-state index contributed by atoms with van der Waals surface area (Å²) in [5.74, 6) is 3.21. The van der Waals surface area contributed by atoms with Gasteiger partial charge in [0.15, 0.2) is 5.82 Å². The molecule has 94 heavy (non-hydrogen) atoms. The van der Waals surface area contributed by atoms with Gasteiger partial charge in [0, 0.05) is 121 Å². The Hall–Kier alpha value is -6.71. The van der Waals surface area contributed by atoms with Gasteiger partial charge in [0.1, 0.15) is 12.3 Å². The molecule has 0 spiro atoms. The summed E-state index contributed by atoms with van der Waals surface area (Å²) in [7, 11) is 3.97. The Labute approximate surface area is 567 Å². The number of rotatable bonds is 2. The van der Waals surface area contributed by atoms with Crippen LogP contribution >= 0.6 is 0 Å². The van der Waals surface area contributed by atoms with Crippen LogP contribution in [-0.4, -0.2) is 109 Å². The minimum atomic E-state index is -0.444. The van der Waals surface area contributed by atoms with Crippen LogP contribution in [0, 0.1) is 53.5 Å². The van der Waals surface area contributed by atoms with Gasteiger partial charge in [-0.25, -0.2) is 0 Å². The van der Waals surface area contributed by atoms with Gasteiger partial charge in [-0.1, -0.05) is 157 Å². The highest BCUT2D eigenvalue weighted by Gasteiger charge is 2.43. The third-order valence-corrected chi connectivity index (χ3v) is 16.9. The lowest BCUT2D eigenvalue weighted by atomic mass is 9.75. The first-order chi connectivity index (χ1) is 42.9. The molecule has 522 valence electrons. The molecule has 3 saturated heterocycles. The number of amides is 1. The Balaban J connectivity index is 0.000000280. The molecular formula is C76H123N13O5. The number of ether oxygens (including phenoxy) is 1. The fourth-order valence-corrected chi connectivity index (χ4v) is 11.5. The number of carbonyl (C=O) groups is 1. The summed E-state index contributed by atoms with van der Waals surface area (Å²) in [6, 6.07) is 18.1. The molecule has 1 saturated carbocycles. The second-order valence-corrected chi connectivity index (χ2v) is 33.9. The lowest BCUT2D eigenvalue weighted by molar-refractivity contribution is -0.390. The second-order valence-electron chi connectivity index (χ2n) is 33.9. The number of morpholine rings is 1. The van der Waals surface area contributed by atoms with E-state index in [1.54, 1.807) is 37.4 Å². The highest BCUT2D eigenvalue weighted by molar-refractivity contribution is 5.73. The predicted molar refractivity (Wildman–Crippen MR) is 382 cm³/mol. The highest BCUT2D eigenvalue weighted by atomic mass is 16.6. The monoisotopic (exact) mass is 1300 g/mol. The number of piperidine rings is 1. The van der Waals surface area contributed by atoms with Crippen molar-refractivity contribution < 1.29 is 19.0 Å². The first kappa shape index (κ1) is 81.5. The number of carbonyl (C=O) groups excluding carboxylic acids is 1.